The summed E-state index contributed by atoms with van der Waals surface area (Å²) < 4.78 is 15.5. The second-order valence-corrected chi connectivity index (χ2v) is 9.34. The van der Waals surface area contributed by atoms with Crippen molar-refractivity contribution in [3.05, 3.63) is 104 Å². The third kappa shape index (κ3) is 4.37. The average Bonchev–Trinajstić information content (AvgIpc) is 2.74. The van der Waals surface area contributed by atoms with Crippen molar-refractivity contribution >= 4 is 34.7 Å². The highest BCUT2D eigenvalue weighted by molar-refractivity contribution is 6.31. The zero-order valence-electron chi connectivity index (χ0n) is 18.5. The molecule has 1 aromatic heterocycles. The zero-order chi connectivity index (χ0) is 23.0. The van der Waals surface area contributed by atoms with Gasteiger partial charge in [-0.3, -0.25) is 9.36 Å². The van der Waals surface area contributed by atoms with E-state index in [-0.39, 0.29) is 11.0 Å². The number of fused-ring (bicyclic) bond motifs is 1. The lowest BCUT2D eigenvalue weighted by molar-refractivity contribution is 0.590. The Hall–Kier alpha value is -3.24. The Bertz CT molecular complexity index is 1400. The van der Waals surface area contributed by atoms with E-state index in [9.17, 15) is 9.18 Å². The molecule has 32 heavy (non-hydrogen) atoms. The maximum atomic E-state index is 14.1. The van der Waals surface area contributed by atoms with Gasteiger partial charge in [-0.25, -0.2) is 9.37 Å². The van der Waals surface area contributed by atoms with Crippen molar-refractivity contribution < 1.29 is 4.39 Å². The molecule has 0 spiro atoms. The molecule has 0 radical (unpaired) electrons. The van der Waals surface area contributed by atoms with Crippen molar-refractivity contribution in [1.82, 2.24) is 9.55 Å². The van der Waals surface area contributed by atoms with Gasteiger partial charge in [0.2, 0.25) is 0 Å². The van der Waals surface area contributed by atoms with Gasteiger partial charge < -0.3 is 0 Å². The third-order valence-electron chi connectivity index (χ3n) is 5.47. The van der Waals surface area contributed by atoms with Crippen LogP contribution in [0.15, 0.2) is 65.5 Å². The molecule has 0 saturated heterocycles. The summed E-state index contributed by atoms with van der Waals surface area (Å²) in [5.74, 6) is -0.0141. The van der Waals surface area contributed by atoms with E-state index in [0.29, 0.717) is 27.4 Å². The highest BCUT2D eigenvalue weighted by Crippen LogP contribution is 2.24. The van der Waals surface area contributed by atoms with Crippen molar-refractivity contribution in [2.45, 2.75) is 33.1 Å². The van der Waals surface area contributed by atoms with Crippen LogP contribution in [0.25, 0.3) is 28.7 Å². The lowest BCUT2D eigenvalue weighted by Gasteiger charge is -2.18. The summed E-state index contributed by atoms with van der Waals surface area (Å²) in [6, 6.07) is 17.6. The van der Waals surface area contributed by atoms with Gasteiger partial charge in [-0.15, -0.1) is 0 Å². The van der Waals surface area contributed by atoms with E-state index < -0.39 is 5.82 Å². The quantitative estimate of drug-likeness (QED) is 0.341. The van der Waals surface area contributed by atoms with E-state index in [2.05, 4.69) is 37.9 Å². The number of hydrogen-bond donors (Lipinski definition) is 0. The number of aryl methyl sites for hydroxylation is 1. The first-order chi connectivity index (χ1) is 15.1. The highest BCUT2D eigenvalue weighted by Gasteiger charge is 2.15. The van der Waals surface area contributed by atoms with Crippen LogP contribution in [-0.2, 0) is 5.41 Å². The fraction of sp³-hybridized carbons (Fsp3) is 0.185. The van der Waals surface area contributed by atoms with E-state index in [4.69, 9.17) is 11.6 Å². The number of benzene rings is 3. The van der Waals surface area contributed by atoms with Crippen molar-refractivity contribution in [2.75, 3.05) is 0 Å². The summed E-state index contributed by atoms with van der Waals surface area (Å²) in [6.45, 7) is 8.35. The van der Waals surface area contributed by atoms with Crippen LogP contribution in [0.5, 0.6) is 0 Å². The van der Waals surface area contributed by atoms with E-state index in [1.165, 1.54) is 22.3 Å². The minimum atomic E-state index is -0.415. The fourth-order valence-corrected chi connectivity index (χ4v) is 3.78. The molecule has 0 fully saturated rings. The Kier molecular flexibility index (Phi) is 5.74. The van der Waals surface area contributed by atoms with Crippen molar-refractivity contribution in [2.24, 2.45) is 0 Å². The Morgan fingerprint density at radius 2 is 1.69 bits per heavy atom. The molecule has 0 saturated carbocycles. The van der Waals surface area contributed by atoms with E-state index in [1.54, 1.807) is 30.3 Å². The van der Waals surface area contributed by atoms with Crippen LogP contribution in [0.2, 0.25) is 5.02 Å². The number of hydrogen-bond acceptors (Lipinski definition) is 2. The summed E-state index contributed by atoms with van der Waals surface area (Å²) in [5, 5.41) is 0.918. The smallest absolute Gasteiger partial charge is 0.266 e. The molecule has 3 nitrogen and oxygen atoms in total. The topological polar surface area (TPSA) is 34.9 Å². The summed E-state index contributed by atoms with van der Waals surface area (Å²) in [6.07, 6.45) is 3.67. The summed E-state index contributed by atoms with van der Waals surface area (Å²) in [5.41, 5.74) is 3.73. The van der Waals surface area contributed by atoms with Crippen molar-refractivity contribution in [1.29, 1.82) is 0 Å². The molecule has 0 amide bonds. The second-order valence-electron chi connectivity index (χ2n) is 8.91. The van der Waals surface area contributed by atoms with Crippen LogP contribution in [0.3, 0.4) is 0 Å². The first-order valence-corrected chi connectivity index (χ1v) is 10.8. The lowest BCUT2D eigenvalue weighted by atomic mass is 9.87. The maximum Gasteiger partial charge on any atom is 0.266 e. The molecule has 1 heterocycles. The summed E-state index contributed by atoms with van der Waals surface area (Å²) in [4.78, 5) is 18.1. The number of halogens is 2. The van der Waals surface area contributed by atoms with Crippen molar-refractivity contribution in [3.63, 3.8) is 0 Å². The molecule has 0 atom stereocenters. The minimum absolute atomic E-state index is 0.0663. The Morgan fingerprint density at radius 3 is 2.38 bits per heavy atom. The second kappa shape index (κ2) is 8.36. The van der Waals surface area contributed by atoms with Gasteiger partial charge in [0.05, 0.1) is 16.6 Å². The Balaban J connectivity index is 1.90. The molecule has 0 aliphatic heterocycles. The van der Waals surface area contributed by atoms with Gasteiger partial charge >= 0.3 is 0 Å². The Labute approximate surface area is 191 Å². The van der Waals surface area contributed by atoms with Gasteiger partial charge in [0.25, 0.3) is 5.56 Å². The van der Waals surface area contributed by atoms with Crippen LogP contribution in [0.4, 0.5) is 4.39 Å². The summed E-state index contributed by atoms with van der Waals surface area (Å²) in [7, 11) is 0. The molecule has 0 N–H and O–H groups in total. The first kappa shape index (κ1) is 22.0. The molecule has 0 unspecified atom stereocenters. The number of rotatable bonds is 3. The van der Waals surface area contributed by atoms with Gasteiger partial charge in [0.1, 0.15) is 11.6 Å². The standard InChI is InChI=1S/C27H24ClFN2O/c1-17-5-12-21(29)16-24(17)31-25(30-23-15-20(28)11-13-22(23)26(31)32)14-8-18-6-9-19(10-7-18)27(2,3)4/h5-16H,1-4H3. The maximum absolute atomic E-state index is 14.1. The van der Waals surface area contributed by atoms with Gasteiger partial charge in [0, 0.05) is 5.02 Å². The fourth-order valence-electron chi connectivity index (χ4n) is 3.61. The lowest BCUT2D eigenvalue weighted by Crippen LogP contribution is -2.23. The molecule has 4 rings (SSSR count). The molecule has 0 bridgehead atoms. The molecular weight excluding hydrogens is 423 g/mol. The normalized spacial score (nSPS) is 12.1. The monoisotopic (exact) mass is 446 g/mol. The van der Waals surface area contributed by atoms with E-state index in [1.807, 2.05) is 25.1 Å². The molecule has 162 valence electrons. The van der Waals surface area contributed by atoms with Gasteiger partial charge in [-0.2, -0.15) is 0 Å². The van der Waals surface area contributed by atoms with Gasteiger partial charge in [-0.05, 0) is 65.4 Å². The average molecular weight is 447 g/mol. The van der Waals surface area contributed by atoms with Crippen LogP contribution in [0, 0.1) is 12.7 Å². The third-order valence-corrected chi connectivity index (χ3v) is 5.71. The molecule has 4 aromatic rings. The molecule has 3 aromatic carbocycles. The van der Waals surface area contributed by atoms with Gasteiger partial charge in [0.15, 0.2) is 0 Å². The molecule has 5 heteroatoms. The predicted octanol–water partition coefficient (Wildman–Crippen LogP) is 6.95. The summed E-state index contributed by atoms with van der Waals surface area (Å²) >= 11 is 6.13. The largest absolute Gasteiger partial charge is 0.268 e. The molecular formula is C27H24ClFN2O. The van der Waals surface area contributed by atoms with Crippen LogP contribution < -0.4 is 5.56 Å². The van der Waals surface area contributed by atoms with Gasteiger partial charge in [-0.1, -0.05) is 68.8 Å². The molecule has 0 aliphatic carbocycles. The minimum Gasteiger partial charge on any atom is -0.268 e. The Morgan fingerprint density at radius 1 is 0.969 bits per heavy atom. The number of nitrogens with zero attached hydrogens (tertiary/aromatic N) is 2. The first-order valence-electron chi connectivity index (χ1n) is 10.4. The van der Waals surface area contributed by atoms with Crippen LogP contribution in [0.1, 0.15) is 43.3 Å². The molecule has 0 aliphatic rings. The highest BCUT2D eigenvalue weighted by atomic mass is 35.5. The van der Waals surface area contributed by atoms with Crippen LogP contribution in [-0.4, -0.2) is 9.55 Å². The SMILES string of the molecule is Cc1ccc(F)cc1-n1c(C=Cc2ccc(C(C)(C)C)cc2)nc2cc(Cl)ccc2c1=O. The van der Waals surface area contributed by atoms with E-state index >= 15 is 0 Å². The van der Waals surface area contributed by atoms with E-state index in [0.717, 1.165) is 11.1 Å². The van der Waals surface area contributed by atoms with Crippen LogP contribution >= 0.6 is 11.6 Å². The number of aromatic nitrogens is 2. The zero-order valence-corrected chi connectivity index (χ0v) is 19.2. The predicted molar refractivity (Wildman–Crippen MR) is 131 cm³/mol. The van der Waals surface area contributed by atoms with Crippen molar-refractivity contribution in [3.8, 4) is 5.69 Å².